The van der Waals surface area contributed by atoms with Crippen molar-refractivity contribution in [3.05, 3.63) is 59.0 Å². The monoisotopic (exact) mass is 596 g/mol. The normalized spacial score (nSPS) is 13.6. The fraction of sp³-hybridized carbons (Fsp3) is 0.286. The summed E-state index contributed by atoms with van der Waals surface area (Å²) in [6.45, 7) is 3.96. The Morgan fingerprint density at radius 3 is 2.20 bits per heavy atom. The highest BCUT2D eigenvalue weighted by atomic mass is 35.5. The molecule has 41 heavy (non-hydrogen) atoms. The van der Waals surface area contributed by atoms with E-state index in [0.29, 0.717) is 46.1 Å². The van der Waals surface area contributed by atoms with E-state index in [4.69, 9.17) is 37.4 Å². The Hall–Kier alpha value is -4.06. The van der Waals surface area contributed by atoms with E-state index in [9.17, 15) is 0 Å². The quantitative estimate of drug-likeness (QED) is 0.255. The highest BCUT2D eigenvalue weighted by Gasteiger charge is 2.21. The summed E-state index contributed by atoms with van der Waals surface area (Å²) < 4.78 is 16.5. The number of anilines is 5. The SMILES string of the molecule is COc1cc(N2CCN(C)CC2)ccc1Nc1ncnc(-c2cccnc2Nc2c(Cl)c(OC)cc(OC)c2Cl)n1. The van der Waals surface area contributed by atoms with E-state index in [0.717, 1.165) is 37.6 Å². The molecular formula is C28H30Cl2N8O3. The molecule has 5 rings (SSSR count). The van der Waals surface area contributed by atoms with Crippen molar-refractivity contribution < 1.29 is 14.2 Å². The highest BCUT2D eigenvalue weighted by Crippen LogP contribution is 2.45. The third kappa shape index (κ3) is 6.17. The molecule has 0 amide bonds. The van der Waals surface area contributed by atoms with E-state index in [1.54, 1.807) is 25.4 Å². The molecule has 11 nitrogen and oxygen atoms in total. The van der Waals surface area contributed by atoms with Crippen LogP contribution in [-0.4, -0.2) is 79.4 Å². The zero-order valence-electron chi connectivity index (χ0n) is 23.1. The number of hydrogen-bond donors (Lipinski definition) is 2. The molecule has 13 heteroatoms. The summed E-state index contributed by atoms with van der Waals surface area (Å²) >= 11 is 13.2. The molecular weight excluding hydrogens is 567 g/mol. The third-order valence-electron chi connectivity index (χ3n) is 6.74. The minimum absolute atomic E-state index is 0.278. The van der Waals surface area contributed by atoms with Gasteiger partial charge in [0, 0.05) is 50.2 Å². The van der Waals surface area contributed by atoms with Crippen molar-refractivity contribution in [2.24, 2.45) is 0 Å². The van der Waals surface area contributed by atoms with Crippen molar-refractivity contribution in [2.45, 2.75) is 0 Å². The molecule has 0 radical (unpaired) electrons. The van der Waals surface area contributed by atoms with Crippen LogP contribution in [0.1, 0.15) is 0 Å². The Labute approximate surface area is 248 Å². The van der Waals surface area contributed by atoms with Gasteiger partial charge in [0.2, 0.25) is 5.95 Å². The number of methoxy groups -OCH3 is 3. The molecule has 1 fully saturated rings. The van der Waals surface area contributed by atoms with Gasteiger partial charge in [-0.05, 0) is 31.3 Å². The number of benzene rings is 2. The Kier molecular flexibility index (Phi) is 8.77. The number of piperazine rings is 1. The predicted octanol–water partition coefficient (Wildman–Crippen LogP) is 5.51. The van der Waals surface area contributed by atoms with Crippen LogP contribution in [-0.2, 0) is 0 Å². The average molecular weight is 598 g/mol. The van der Waals surface area contributed by atoms with Gasteiger partial charge in [-0.2, -0.15) is 4.98 Å². The van der Waals surface area contributed by atoms with Crippen molar-refractivity contribution in [3.63, 3.8) is 0 Å². The number of nitrogens with zero attached hydrogens (tertiary/aromatic N) is 6. The molecule has 1 aliphatic rings. The molecule has 214 valence electrons. The molecule has 0 atom stereocenters. The van der Waals surface area contributed by atoms with Crippen LogP contribution in [0.3, 0.4) is 0 Å². The standard InChI is InChI=1S/C28H30Cl2N8O3/c1-37-10-12-38(13-11-37)17-7-8-19(20(14-17)39-2)34-28-33-16-32-27(36-28)18-6-5-9-31-26(18)35-25-23(29)21(40-3)15-22(41-4)24(25)30/h5-9,14-16H,10-13H2,1-4H3,(H,31,35)(H,32,33,34,36). The highest BCUT2D eigenvalue weighted by molar-refractivity contribution is 6.41. The van der Waals surface area contributed by atoms with Gasteiger partial charge >= 0.3 is 0 Å². The van der Waals surface area contributed by atoms with Crippen molar-refractivity contribution in [1.29, 1.82) is 0 Å². The van der Waals surface area contributed by atoms with Gasteiger partial charge in [-0.15, -0.1) is 0 Å². The van der Waals surface area contributed by atoms with Gasteiger partial charge in [0.05, 0.1) is 38.3 Å². The van der Waals surface area contributed by atoms with Crippen molar-refractivity contribution >= 4 is 52.0 Å². The van der Waals surface area contributed by atoms with Crippen LogP contribution < -0.4 is 29.7 Å². The van der Waals surface area contributed by atoms with Gasteiger partial charge in [-0.25, -0.2) is 15.0 Å². The molecule has 1 saturated heterocycles. The lowest BCUT2D eigenvalue weighted by molar-refractivity contribution is 0.312. The van der Waals surface area contributed by atoms with E-state index in [1.807, 2.05) is 18.2 Å². The van der Waals surface area contributed by atoms with Gasteiger partial charge in [-0.3, -0.25) is 0 Å². The van der Waals surface area contributed by atoms with Crippen molar-refractivity contribution in [1.82, 2.24) is 24.8 Å². The van der Waals surface area contributed by atoms with Crippen LogP contribution in [0.15, 0.2) is 48.9 Å². The summed E-state index contributed by atoms with van der Waals surface area (Å²) in [6.07, 6.45) is 3.07. The molecule has 2 aromatic carbocycles. The number of rotatable bonds is 9. The molecule has 0 unspecified atom stereocenters. The number of likely N-dealkylation sites (N-methyl/N-ethyl adjacent to an activating group) is 1. The van der Waals surface area contributed by atoms with E-state index in [1.165, 1.54) is 20.5 Å². The molecule has 2 aromatic heterocycles. The molecule has 0 aliphatic carbocycles. The fourth-order valence-corrected chi connectivity index (χ4v) is 5.05. The first-order valence-corrected chi connectivity index (χ1v) is 13.6. The number of pyridine rings is 1. The molecule has 3 heterocycles. The van der Waals surface area contributed by atoms with Crippen LogP contribution >= 0.6 is 23.2 Å². The van der Waals surface area contributed by atoms with Gasteiger partial charge < -0.3 is 34.6 Å². The third-order valence-corrected chi connectivity index (χ3v) is 7.49. The van der Waals surface area contributed by atoms with Gasteiger partial charge in [0.25, 0.3) is 0 Å². The Morgan fingerprint density at radius 1 is 0.805 bits per heavy atom. The molecule has 0 bridgehead atoms. The van der Waals surface area contributed by atoms with Crippen LogP contribution in [0, 0.1) is 0 Å². The van der Waals surface area contributed by atoms with E-state index in [2.05, 4.69) is 53.5 Å². The maximum Gasteiger partial charge on any atom is 0.230 e. The number of nitrogens with one attached hydrogen (secondary N) is 2. The minimum Gasteiger partial charge on any atom is -0.495 e. The summed E-state index contributed by atoms with van der Waals surface area (Å²) in [5.41, 5.74) is 2.81. The first-order chi connectivity index (χ1) is 19.9. The summed E-state index contributed by atoms with van der Waals surface area (Å²) in [5.74, 6) is 2.63. The zero-order chi connectivity index (χ0) is 28.9. The van der Waals surface area contributed by atoms with Crippen LogP contribution in [0.5, 0.6) is 17.2 Å². The largest absolute Gasteiger partial charge is 0.495 e. The van der Waals surface area contributed by atoms with Crippen LogP contribution in [0.4, 0.5) is 28.8 Å². The maximum atomic E-state index is 6.58. The Morgan fingerprint density at radius 2 is 1.51 bits per heavy atom. The van der Waals surface area contributed by atoms with E-state index < -0.39 is 0 Å². The van der Waals surface area contributed by atoms with Gasteiger partial charge in [0.15, 0.2) is 5.82 Å². The number of halogens is 2. The van der Waals surface area contributed by atoms with E-state index in [-0.39, 0.29) is 10.0 Å². The second kappa shape index (κ2) is 12.6. The van der Waals surface area contributed by atoms with Gasteiger partial charge in [0.1, 0.15) is 39.4 Å². The number of aromatic nitrogens is 4. The lowest BCUT2D eigenvalue weighted by Crippen LogP contribution is -2.44. The second-order valence-corrected chi connectivity index (χ2v) is 10.00. The summed E-state index contributed by atoms with van der Waals surface area (Å²) in [6, 6.07) is 11.3. The average Bonchev–Trinajstić information content (AvgIpc) is 3.00. The first-order valence-electron chi connectivity index (χ1n) is 12.8. The van der Waals surface area contributed by atoms with Crippen LogP contribution in [0.2, 0.25) is 10.0 Å². The smallest absolute Gasteiger partial charge is 0.230 e. The lowest BCUT2D eigenvalue weighted by Gasteiger charge is -2.34. The van der Waals surface area contributed by atoms with Crippen molar-refractivity contribution in [2.75, 3.05) is 70.1 Å². The predicted molar refractivity (Wildman–Crippen MR) is 162 cm³/mol. The molecule has 2 N–H and O–H groups in total. The Balaban J connectivity index is 1.42. The fourth-order valence-electron chi connectivity index (χ4n) is 4.45. The molecule has 0 spiro atoms. The maximum absolute atomic E-state index is 6.58. The second-order valence-electron chi connectivity index (χ2n) is 9.24. The van der Waals surface area contributed by atoms with Crippen molar-refractivity contribution in [3.8, 4) is 28.6 Å². The summed E-state index contributed by atoms with van der Waals surface area (Å²) in [5, 5.41) is 7.01. The molecule has 0 saturated carbocycles. The first kappa shape index (κ1) is 28.5. The topological polar surface area (TPSA) is 110 Å². The van der Waals surface area contributed by atoms with E-state index >= 15 is 0 Å². The summed E-state index contributed by atoms with van der Waals surface area (Å²) in [7, 11) is 6.81. The molecule has 1 aliphatic heterocycles. The molecule has 4 aromatic rings. The minimum atomic E-state index is 0.278. The van der Waals surface area contributed by atoms with Gasteiger partial charge in [-0.1, -0.05) is 23.2 Å². The number of ether oxygens (including phenoxy) is 3. The summed E-state index contributed by atoms with van der Waals surface area (Å²) in [4.78, 5) is 22.5. The Bertz CT molecular complexity index is 1500. The lowest BCUT2D eigenvalue weighted by atomic mass is 10.2. The zero-order valence-corrected chi connectivity index (χ0v) is 24.6. The van der Waals surface area contributed by atoms with Crippen LogP contribution in [0.25, 0.3) is 11.4 Å². The number of hydrogen-bond acceptors (Lipinski definition) is 11.